The summed E-state index contributed by atoms with van der Waals surface area (Å²) in [6.45, 7) is 0.639. The first-order chi connectivity index (χ1) is 16.1. The number of aromatic nitrogens is 4. The zero-order chi connectivity index (χ0) is 22.6. The van der Waals surface area contributed by atoms with E-state index in [0.717, 1.165) is 42.5 Å². The molecular formula is C24H25N5O4. The lowest BCUT2D eigenvalue weighted by Crippen LogP contribution is -2.61. The highest BCUT2D eigenvalue weighted by molar-refractivity contribution is 5.57. The van der Waals surface area contributed by atoms with Crippen LogP contribution in [0, 0.1) is 5.92 Å². The predicted octanol–water partition coefficient (Wildman–Crippen LogP) is 2.35. The number of likely N-dealkylation sites (tertiary alicyclic amines) is 1. The smallest absolute Gasteiger partial charge is 0.345 e. The van der Waals surface area contributed by atoms with Gasteiger partial charge >= 0.3 is 6.01 Å². The minimum absolute atomic E-state index is 0.0561. The van der Waals surface area contributed by atoms with Crippen LogP contribution in [0.5, 0.6) is 17.5 Å². The Kier molecular flexibility index (Phi) is 4.62. The molecular weight excluding hydrogens is 422 g/mol. The van der Waals surface area contributed by atoms with Crippen molar-refractivity contribution >= 4 is 6.41 Å². The van der Waals surface area contributed by atoms with Gasteiger partial charge in [-0.15, -0.1) is 0 Å². The summed E-state index contributed by atoms with van der Waals surface area (Å²) in [5, 5.41) is 33.5. The second-order valence-corrected chi connectivity index (χ2v) is 9.35. The Balaban J connectivity index is 1.41. The van der Waals surface area contributed by atoms with Crippen molar-refractivity contribution in [3.63, 3.8) is 0 Å². The molecule has 0 radical (unpaired) electrons. The molecule has 2 bridgehead atoms. The largest absolute Gasteiger partial charge is 0.507 e. The maximum absolute atomic E-state index is 11.8. The first kappa shape index (κ1) is 20.2. The van der Waals surface area contributed by atoms with E-state index in [1.807, 2.05) is 41.3 Å². The van der Waals surface area contributed by atoms with Crippen LogP contribution in [0.15, 0.2) is 42.5 Å². The Morgan fingerprint density at radius 1 is 1.18 bits per heavy atom. The van der Waals surface area contributed by atoms with Gasteiger partial charge in [0.15, 0.2) is 0 Å². The van der Waals surface area contributed by atoms with Crippen molar-refractivity contribution in [1.29, 1.82) is 0 Å². The van der Waals surface area contributed by atoms with Crippen LogP contribution in [0.2, 0.25) is 0 Å². The molecule has 9 nitrogen and oxygen atoms in total. The number of para-hydroxylation sites is 1. The van der Waals surface area contributed by atoms with Crippen molar-refractivity contribution in [2.45, 2.75) is 49.7 Å². The maximum Gasteiger partial charge on any atom is 0.345 e. The molecule has 2 aliphatic carbocycles. The zero-order valence-corrected chi connectivity index (χ0v) is 18.0. The molecule has 2 fully saturated rings. The average Bonchev–Trinajstić information content (AvgIpc) is 3.27. The molecule has 33 heavy (non-hydrogen) atoms. The quantitative estimate of drug-likeness (QED) is 0.590. The van der Waals surface area contributed by atoms with Crippen molar-refractivity contribution in [3.8, 4) is 23.2 Å². The van der Waals surface area contributed by atoms with Crippen LogP contribution < -0.4 is 4.74 Å². The number of phenolic OH excluding ortho intramolecular Hbond substituents is 1. The number of tetrazole rings is 1. The van der Waals surface area contributed by atoms with Crippen LogP contribution in [0.25, 0.3) is 5.69 Å². The number of hydrogen-bond donors (Lipinski definition) is 2. The zero-order valence-electron chi connectivity index (χ0n) is 18.0. The number of aliphatic hydroxyl groups excluding tert-OH is 1. The van der Waals surface area contributed by atoms with Crippen LogP contribution in [0.1, 0.15) is 36.8 Å². The molecule has 170 valence electrons. The van der Waals surface area contributed by atoms with Crippen LogP contribution >= 0.6 is 0 Å². The Labute approximate surface area is 190 Å². The fraction of sp³-hybridized carbons (Fsp3) is 0.417. The number of amides is 1. The van der Waals surface area contributed by atoms with Crippen molar-refractivity contribution in [2.24, 2.45) is 5.92 Å². The van der Waals surface area contributed by atoms with Crippen LogP contribution in [0.4, 0.5) is 0 Å². The molecule has 1 amide bonds. The molecule has 1 saturated heterocycles. The van der Waals surface area contributed by atoms with E-state index in [-0.39, 0.29) is 29.1 Å². The fourth-order valence-electron chi connectivity index (χ4n) is 6.45. The van der Waals surface area contributed by atoms with Crippen molar-refractivity contribution in [2.75, 3.05) is 6.54 Å². The van der Waals surface area contributed by atoms with E-state index >= 15 is 0 Å². The van der Waals surface area contributed by atoms with Crippen molar-refractivity contribution in [3.05, 3.63) is 53.6 Å². The van der Waals surface area contributed by atoms with Gasteiger partial charge in [0.1, 0.15) is 11.5 Å². The minimum atomic E-state index is -0.401. The maximum atomic E-state index is 11.8. The molecule has 2 heterocycles. The molecule has 4 unspecified atom stereocenters. The molecule has 3 aliphatic rings. The van der Waals surface area contributed by atoms with Crippen LogP contribution in [0.3, 0.4) is 0 Å². The van der Waals surface area contributed by atoms with Gasteiger partial charge < -0.3 is 19.8 Å². The van der Waals surface area contributed by atoms with Crippen LogP contribution in [-0.4, -0.2) is 60.4 Å². The van der Waals surface area contributed by atoms with Gasteiger partial charge in [0, 0.05) is 29.6 Å². The molecule has 1 aromatic heterocycles. The highest BCUT2D eigenvalue weighted by atomic mass is 16.5. The molecule has 2 aromatic carbocycles. The summed E-state index contributed by atoms with van der Waals surface area (Å²) < 4.78 is 7.51. The van der Waals surface area contributed by atoms with E-state index in [0.29, 0.717) is 25.1 Å². The number of rotatable bonds is 4. The second kappa shape index (κ2) is 7.55. The lowest BCUT2D eigenvalue weighted by Gasteiger charge is -2.59. The number of benzene rings is 2. The van der Waals surface area contributed by atoms with Gasteiger partial charge in [-0.2, -0.15) is 4.68 Å². The van der Waals surface area contributed by atoms with E-state index in [1.54, 1.807) is 6.07 Å². The van der Waals surface area contributed by atoms with Gasteiger partial charge in [-0.05, 0) is 72.2 Å². The Hall–Kier alpha value is -3.46. The number of phenols is 1. The summed E-state index contributed by atoms with van der Waals surface area (Å²) in [4.78, 5) is 13.7. The highest BCUT2D eigenvalue weighted by Crippen LogP contribution is 2.58. The number of ether oxygens (including phenoxy) is 1. The minimum Gasteiger partial charge on any atom is -0.507 e. The molecule has 1 aliphatic heterocycles. The van der Waals surface area contributed by atoms with E-state index in [9.17, 15) is 15.0 Å². The van der Waals surface area contributed by atoms with Crippen LogP contribution in [-0.2, 0) is 16.6 Å². The van der Waals surface area contributed by atoms with Crippen molar-refractivity contribution < 1.29 is 19.7 Å². The van der Waals surface area contributed by atoms with Gasteiger partial charge in [-0.3, -0.25) is 4.79 Å². The number of carbonyl (C=O) groups excluding carboxylic acids is 1. The first-order valence-corrected chi connectivity index (χ1v) is 11.4. The monoisotopic (exact) mass is 447 g/mol. The Morgan fingerprint density at radius 2 is 2.03 bits per heavy atom. The molecule has 3 aromatic rings. The number of aliphatic hydroxyl groups is 1. The lowest BCUT2D eigenvalue weighted by molar-refractivity contribution is -0.128. The van der Waals surface area contributed by atoms with E-state index in [1.165, 1.54) is 4.68 Å². The molecule has 4 atom stereocenters. The summed E-state index contributed by atoms with van der Waals surface area (Å²) in [5.74, 6) is 0.828. The third kappa shape index (κ3) is 3.10. The summed E-state index contributed by atoms with van der Waals surface area (Å²) in [7, 11) is 0. The topological polar surface area (TPSA) is 114 Å². The summed E-state index contributed by atoms with van der Waals surface area (Å²) in [6, 6.07) is 13.2. The number of hydrogen-bond acceptors (Lipinski definition) is 7. The lowest BCUT2D eigenvalue weighted by atomic mass is 9.51. The Morgan fingerprint density at radius 3 is 2.85 bits per heavy atom. The van der Waals surface area contributed by atoms with E-state index in [4.69, 9.17) is 4.74 Å². The standard InChI is InChI=1S/C24H25N5O4/c30-14-28-9-8-24-13-17(31)6-7-19(24)20(28)11-15-10-18(12-21(32)22(15)24)33-23-25-26-27-29(23)16-4-2-1-3-5-16/h1-5,10,12,14,17,19-20,31-32H,6-9,11,13H2. The van der Waals surface area contributed by atoms with Gasteiger partial charge in [0.2, 0.25) is 6.41 Å². The van der Waals surface area contributed by atoms with Gasteiger partial charge in [-0.1, -0.05) is 23.3 Å². The second-order valence-electron chi connectivity index (χ2n) is 9.35. The van der Waals surface area contributed by atoms with Gasteiger partial charge in [-0.25, -0.2) is 0 Å². The summed E-state index contributed by atoms with van der Waals surface area (Å²) in [6.07, 6.45) is 4.10. The molecule has 6 rings (SSSR count). The summed E-state index contributed by atoms with van der Waals surface area (Å²) in [5.41, 5.74) is 2.28. The van der Waals surface area contributed by atoms with Crippen molar-refractivity contribution in [1.82, 2.24) is 25.1 Å². The first-order valence-electron chi connectivity index (χ1n) is 11.4. The normalized spacial score (nSPS) is 28.0. The third-order valence-corrected chi connectivity index (χ3v) is 7.71. The SMILES string of the molecule is O=CN1CCC23CC(O)CCC2C1Cc1cc(Oc2nnnn2-c2ccccc2)cc(O)c13. The number of fused-ring (bicyclic) bond motifs is 1. The van der Waals surface area contributed by atoms with E-state index < -0.39 is 6.10 Å². The highest BCUT2D eigenvalue weighted by Gasteiger charge is 2.56. The average molecular weight is 447 g/mol. The molecule has 1 saturated carbocycles. The number of nitrogens with zero attached hydrogens (tertiary/aromatic N) is 5. The molecule has 2 N–H and O–H groups in total. The number of piperidine rings is 1. The molecule has 9 heteroatoms. The molecule has 0 spiro atoms. The Bertz CT molecular complexity index is 1200. The van der Waals surface area contributed by atoms with Gasteiger partial charge in [0.05, 0.1) is 11.8 Å². The fourth-order valence-corrected chi connectivity index (χ4v) is 6.45. The number of aromatic hydroxyl groups is 1. The predicted molar refractivity (Wildman–Crippen MR) is 117 cm³/mol. The van der Waals surface area contributed by atoms with E-state index in [2.05, 4.69) is 15.5 Å². The summed E-state index contributed by atoms with van der Waals surface area (Å²) >= 11 is 0. The number of carbonyl (C=O) groups is 1. The van der Waals surface area contributed by atoms with Gasteiger partial charge in [0.25, 0.3) is 0 Å². The third-order valence-electron chi connectivity index (χ3n) is 7.71.